The highest BCUT2D eigenvalue weighted by molar-refractivity contribution is 5.81. The van der Waals surface area contributed by atoms with Crippen LogP contribution in [0, 0.1) is 0 Å². The molecule has 0 saturated heterocycles. The van der Waals surface area contributed by atoms with Crippen LogP contribution < -0.4 is 5.43 Å². The van der Waals surface area contributed by atoms with Gasteiger partial charge < -0.3 is 9.84 Å². The molecule has 1 rings (SSSR count). The molecule has 5 nitrogen and oxygen atoms in total. The molecular formula is C10H12N2O3. The molecule has 15 heavy (non-hydrogen) atoms. The van der Waals surface area contributed by atoms with Crippen LogP contribution in [0.25, 0.3) is 0 Å². The average Bonchev–Trinajstić information content (AvgIpc) is 2.18. The van der Waals surface area contributed by atoms with Gasteiger partial charge in [-0.2, -0.15) is 5.10 Å². The van der Waals surface area contributed by atoms with Crippen molar-refractivity contribution in [1.29, 1.82) is 0 Å². The Morgan fingerprint density at radius 3 is 3.13 bits per heavy atom. The first-order chi connectivity index (χ1) is 7.22. The van der Waals surface area contributed by atoms with Crippen LogP contribution in [0.3, 0.4) is 0 Å². The van der Waals surface area contributed by atoms with Gasteiger partial charge in [-0.1, -0.05) is 12.1 Å². The molecule has 0 fully saturated rings. The predicted molar refractivity (Wildman–Crippen MR) is 55.9 cm³/mol. The monoisotopic (exact) mass is 208 g/mol. The van der Waals surface area contributed by atoms with Gasteiger partial charge in [-0.3, -0.25) is 0 Å². The Kier molecular flexibility index (Phi) is 4.15. The Bertz CT molecular complexity index is 363. The lowest BCUT2D eigenvalue weighted by Gasteiger charge is -1.98. The van der Waals surface area contributed by atoms with Crippen molar-refractivity contribution >= 4 is 12.3 Å². The molecule has 0 unspecified atom stereocenters. The van der Waals surface area contributed by atoms with Crippen LogP contribution in [-0.4, -0.2) is 24.0 Å². The first kappa shape index (κ1) is 11.0. The van der Waals surface area contributed by atoms with Crippen molar-refractivity contribution in [2.75, 3.05) is 6.61 Å². The second-order valence-corrected chi connectivity index (χ2v) is 2.69. The van der Waals surface area contributed by atoms with Crippen molar-refractivity contribution in [3.63, 3.8) is 0 Å². The summed E-state index contributed by atoms with van der Waals surface area (Å²) in [4.78, 5) is 10.8. The van der Waals surface area contributed by atoms with Gasteiger partial charge in [-0.05, 0) is 24.6 Å². The molecule has 0 aliphatic carbocycles. The van der Waals surface area contributed by atoms with E-state index in [0.29, 0.717) is 12.2 Å². The molecule has 0 aliphatic rings. The van der Waals surface area contributed by atoms with Crippen molar-refractivity contribution in [3.8, 4) is 5.75 Å². The number of nitrogens with one attached hydrogen (secondary N) is 1. The normalized spacial score (nSPS) is 10.2. The Hall–Kier alpha value is -2.04. The fourth-order valence-corrected chi connectivity index (χ4v) is 0.928. The van der Waals surface area contributed by atoms with Gasteiger partial charge in [0.25, 0.3) is 0 Å². The number of carbonyl (C=O) groups excluding carboxylic acids is 1. The van der Waals surface area contributed by atoms with Crippen molar-refractivity contribution in [1.82, 2.24) is 5.43 Å². The van der Waals surface area contributed by atoms with Crippen LogP contribution in [0.2, 0.25) is 0 Å². The molecule has 0 heterocycles. The van der Waals surface area contributed by atoms with E-state index in [1.54, 1.807) is 25.1 Å². The molecule has 1 aromatic rings. The first-order valence-corrected chi connectivity index (χ1v) is 4.47. The number of nitrogens with zero attached hydrogens (tertiary/aromatic N) is 1. The van der Waals surface area contributed by atoms with Crippen LogP contribution in [0.15, 0.2) is 29.4 Å². The zero-order valence-electron chi connectivity index (χ0n) is 8.30. The largest absolute Gasteiger partial charge is 0.508 e. The highest BCUT2D eigenvalue weighted by Crippen LogP contribution is 2.08. The Balaban J connectivity index is 2.48. The van der Waals surface area contributed by atoms with Gasteiger partial charge in [-0.15, -0.1) is 0 Å². The van der Waals surface area contributed by atoms with Gasteiger partial charge in [0.2, 0.25) is 0 Å². The van der Waals surface area contributed by atoms with Crippen molar-refractivity contribution in [3.05, 3.63) is 29.8 Å². The van der Waals surface area contributed by atoms with Crippen molar-refractivity contribution < 1.29 is 14.6 Å². The first-order valence-electron chi connectivity index (χ1n) is 4.47. The maximum Gasteiger partial charge on any atom is 0.427 e. The van der Waals surface area contributed by atoms with Gasteiger partial charge in [0.05, 0.1) is 12.8 Å². The number of phenolic OH excluding ortho intramolecular Hbond substituents is 1. The molecular weight excluding hydrogens is 196 g/mol. The third-order valence-electron chi connectivity index (χ3n) is 1.52. The molecule has 0 bridgehead atoms. The number of aromatic hydroxyl groups is 1. The lowest BCUT2D eigenvalue weighted by Crippen LogP contribution is -2.18. The third-order valence-corrected chi connectivity index (χ3v) is 1.52. The number of hydrogen-bond acceptors (Lipinski definition) is 4. The van der Waals surface area contributed by atoms with Gasteiger partial charge in [0, 0.05) is 0 Å². The summed E-state index contributed by atoms with van der Waals surface area (Å²) in [6.45, 7) is 2.01. The molecule has 0 atom stereocenters. The number of carbonyl (C=O) groups is 1. The maximum atomic E-state index is 10.8. The van der Waals surface area contributed by atoms with Crippen LogP contribution in [0.5, 0.6) is 5.75 Å². The summed E-state index contributed by atoms with van der Waals surface area (Å²) in [6.07, 6.45) is 0.810. The summed E-state index contributed by atoms with van der Waals surface area (Å²) < 4.78 is 4.59. The third kappa shape index (κ3) is 4.12. The molecule has 0 aliphatic heterocycles. The van der Waals surface area contributed by atoms with Crippen molar-refractivity contribution in [2.24, 2.45) is 5.10 Å². The standard InChI is InChI=1S/C10H12N2O3/c1-2-15-10(14)12-11-7-8-4-3-5-9(13)6-8/h3-7,13H,2H2,1H3,(H,12,14)/b11-7+. The van der Waals surface area contributed by atoms with E-state index in [1.165, 1.54) is 12.3 Å². The lowest BCUT2D eigenvalue weighted by atomic mass is 10.2. The second kappa shape index (κ2) is 5.64. The predicted octanol–water partition coefficient (Wildman–Crippen LogP) is 1.47. The van der Waals surface area contributed by atoms with Gasteiger partial charge in [0.1, 0.15) is 5.75 Å². The van der Waals surface area contributed by atoms with E-state index in [1.807, 2.05) is 0 Å². The summed E-state index contributed by atoms with van der Waals surface area (Å²) in [5.74, 6) is 0.148. The highest BCUT2D eigenvalue weighted by atomic mass is 16.5. The minimum Gasteiger partial charge on any atom is -0.508 e. The van der Waals surface area contributed by atoms with Crippen LogP contribution >= 0.6 is 0 Å². The fraction of sp³-hybridized carbons (Fsp3) is 0.200. The topological polar surface area (TPSA) is 70.9 Å². The summed E-state index contributed by atoms with van der Waals surface area (Å²) in [5, 5.41) is 12.8. The molecule has 0 spiro atoms. The minimum atomic E-state index is -0.603. The van der Waals surface area contributed by atoms with E-state index in [0.717, 1.165) is 0 Å². The maximum absolute atomic E-state index is 10.8. The Morgan fingerprint density at radius 2 is 2.47 bits per heavy atom. The SMILES string of the molecule is CCOC(=O)N/N=C/c1cccc(O)c1. The summed E-state index contributed by atoms with van der Waals surface area (Å²) in [7, 11) is 0. The molecule has 1 amide bonds. The number of ether oxygens (including phenoxy) is 1. The smallest absolute Gasteiger partial charge is 0.427 e. The number of phenols is 1. The van der Waals surface area contributed by atoms with Crippen LogP contribution in [0.4, 0.5) is 4.79 Å². The van der Waals surface area contributed by atoms with E-state index in [9.17, 15) is 4.79 Å². The zero-order chi connectivity index (χ0) is 11.1. The van der Waals surface area contributed by atoms with E-state index in [4.69, 9.17) is 5.11 Å². The Morgan fingerprint density at radius 1 is 1.67 bits per heavy atom. The van der Waals surface area contributed by atoms with E-state index < -0.39 is 6.09 Å². The Labute approximate surface area is 87.4 Å². The van der Waals surface area contributed by atoms with Gasteiger partial charge >= 0.3 is 6.09 Å². The fourth-order valence-electron chi connectivity index (χ4n) is 0.928. The number of hydrogen-bond donors (Lipinski definition) is 2. The summed E-state index contributed by atoms with van der Waals surface area (Å²) in [5.41, 5.74) is 2.87. The average molecular weight is 208 g/mol. The van der Waals surface area contributed by atoms with Crippen LogP contribution in [-0.2, 0) is 4.74 Å². The number of amides is 1. The summed E-state index contributed by atoms with van der Waals surface area (Å²) >= 11 is 0. The minimum absolute atomic E-state index is 0.148. The number of hydrazone groups is 1. The quantitative estimate of drug-likeness (QED) is 0.583. The summed E-state index contributed by atoms with van der Waals surface area (Å²) in [6, 6.07) is 6.50. The van der Waals surface area contributed by atoms with E-state index in [2.05, 4.69) is 15.3 Å². The molecule has 0 radical (unpaired) electrons. The molecule has 2 N–H and O–H groups in total. The van der Waals surface area contributed by atoms with E-state index >= 15 is 0 Å². The van der Waals surface area contributed by atoms with Gasteiger partial charge in [-0.25, -0.2) is 10.2 Å². The zero-order valence-corrected chi connectivity index (χ0v) is 8.30. The molecule has 0 saturated carbocycles. The molecule has 80 valence electrons. The van der Waals surface area contributed by atoms with Crippen LogP contribution in [0.1, 0.15) is 12.5 Å². The number of rotatable bonds is 3. The molecule has 0 aromatic heterocycles. The second-order valence-electron chi connectivity index (χ2n) is 2.69. The van der Waals surface area contributed by atoms with Crippen molar-refractivity contribution in [2.45, 2.75) is 6.92 Å². The van der Waals surface area contributed by atoms with E-state index in [-0.39, 0.29) is 5.75 Å². The molecule has 5 heteroatoms. The number of benzene rings is 1. The molecule has 1 aromatic carbocycles. The lowest BCUT2D eigenvalue weighted by molar-refractivity contribution is 0.152. The highest BCUT2D eigenvalue weighted by Gasteiger charge is 1.95. The van der Waals surface area contributed by atoms with Gasteiger partial charge in [0.15, 0.2) is 0 Å².